The second-order valence-corrected chi connectivity index (χ2v) is 6.24. The number of rotatable bonds is 1. The summed E-state index contributed by atoms with van der Waals surface area (Å²) in [7, 11) is 0. The number of carbonyl (C=O) groups excluding carboxylic acids is 1. The number of benzene rings is 1. The smallest absolute Gasteiger partial charge is 0.256 e. The molecule has 0 saturated carbocycles. The first kappa shape index (κ1) is 12.6. The van der Waals surface area contributed by atoms with E-state index >= 15 is 0 Å². The molecule has 21 heavy (non-hydrogen) atoms. The Hall–Kier alpha value is -2.09. The molecule has 4 rings (SSSR count). The first-order chi connectivity index (χ1) is 10.2. The number of fused-ring (bicyclic) bond motifs is 1. The van der Waals surface area contributed by atoms with Crippen LogP contribution < -0.4 is 5.32 Å². The van der Waals surface area contributed by atoms with Gasteiger partial charge in [-0.3, -0.25) is 4.79 Å². The average Bonchev–Trinajstić information content (AvgIpc) is 3.01. The van der Waals surface area contributed by atoms with Gasteiger partial charge in [-0.1, -0.05) is 23.8 Å². The largest absolute Gasteiger partial charge is 0.321 e. The summed E-state index contributed by atoms with van der Waals surface area (Å²) in [6.07, 6.45) is 10.5. The van der Waals surface area contributed by atoms with Crippen LogP contribution in [0.1, 0.15) is 43.2 Å². The Kier molecular flexibility index (Phi) is 2.85. The van der Waals surface area contributed by atoms with Crippen LogP contribution in [0.2, 0.25) is 0 Å². The van der Waals surface area contributed by atoms with Gasteiger partial charge in [-0.15, -0.1) is 0 Å². The van der Waals surface area contributed by atoms with Crippen LogP contribution >= 0.6 is 0 Å². The maximum absolute atomic E-state index is 12.3. The van der Waals surface area contributed by atoms with Crippen LogP contribution in [0.3, 0.4) is 0 Å². The molecule has 0 aromatic heterocycles. The van der Waals surface area contributed by atoms with Crippen LogP contribution in [-0.2, 0) is 4.79 Å². The van der Waals surface area contributed by atoms with E-state index in [9.17, 15) is 4.79 Å². The molecule has 2 nitrogen and oxygen atoms in total. The number of hydrogen-bond acceptors (Lipinski definition) is 1. The van der Waals surface area contributed by atoms with Crippen molar-refractivity contribution in [3.8, 4) is 0 Å². The Morgan fingerprint density at radius 2 is 2.05 bits per heavy atom. The van der Waals surface area contributed by atoms with E-state index in [0.29, 0.717) is 0 Å². The zero-order valence-electron chi connectivity index (χ0n) is 12.3. The molecule has 0 saturated heterocycles. The summed E-state index contributed by atoms with van der Waals surface area (Å²) in [4.78, 5) is 12.3. The van der Waals surface area contributed by atoms with Crippen molar-refractivity contribution in [3.63, 3.8) is 0 Å². The van der Waals surface area contributed by atoms with Crippen molar-refractivity contribution in [2.24, 2.45) is 0 Å². The van der Waals surface area contributed by atoms with Crippen LogP contribution in [0.4, 0.5) is 5.69 Å². The van der Waals surface area contributed by atoms with Gasteiger partial charge in [-0.2, -0.15) is 0 Å². The number of anilines is 1. The van der Waals surface area contributed by atoms with E-state index < -0.39 is 0 Å². The third-order valence-electron chi connectivity index (χ3n) is 4.77. The van der Waals surface area contributed by atoms with Gasteiger partial charge in [-0.25, -0.2) is 0 Å². The Morgan fingerprint density at radius 3 is 2.90 bits per heavy atom. The third kappa shape index (κ3) is 2.06. The highest BCUT2D eigenvalue weighted by Crippen LogP contribution is 2.40. The van der Waals surface area contributed by atoms with E-state index in [0.717, 1.165) is 28.8 Å². The minimum atomic E-state index is 0.0325. The maximum Gasteiger partial charge on any atom is 0.256 e. The van der Waals surface area contributed by atoms with E-state index in [4.69, 9.17) is 0 Å². The number of carbonyl (C=O) groups is 1. The summed E-state index contributed by atoms with van der Waals surface area (Å²) in [5.74, 6) is 0.0325. The second-order valence-electron chi connectivity index (χ2n) is 6.24. The Morgan fingerprint density at radius 1 is 1.19 bits per heavy atom. The third-order valence-corrected chi connectivity index (χ3v) is 4.77. The van der Waals surface area contributed by atoms with E-state index in [-0.39, 0.29) is 5.91 Å². The zero-order valence-corrected chi connectivity index (χ0v) is 12.3. The van der Waals surface area contributed by atoms with Gasteiger partial charge in [0.15, 0.2) is 0 Å². The lowest BCUT2D eigenvalue weighted by atomic mass is 9.93. The van der Waals surface area contributed by atoms with Crippen molar-refractivity contribution in [2.45, 2.75) is 39.0 Å². The fourth-order valence-corrected chi connectivity index (χ4v) is 3.74. The maximum atomic E-state index is 12.3. The van der Waals surface area contributed by atoms with Crippen LogP contribution in [0, 0.1) is 6.92 Å². The topological polar surface area (TPSA) is 29.1 Å². The van der Waals surface area contributed by atoms with Gasteiger partial charge in [0.25, 0.3) is 5.91 Å². The van der Waals surface area contributed by atoms with Crippen molar-refractivity contribution in [2.75, 3.05) is 5.32 Å². The van der Waals surface area contributed by atoms with E-state index in [1.54, 1.807) is 5.57 Å². The van der Waals surface area contributed by atoms with Crippen molar-refractivity contribution in [3.05, 3.63) is 58.2 Å². The fourth-order valence-electron chi connectivity index (χ4n) is 3.74. The molecule has 2 aliphatic carbocycles. The van der Waals surface area contributed by atoms with Crippen LogP contribution in [-0.4, -0.2) is 5.91 Å². The molecule has 0 radical (unpaired) electrons. The highest BCUT2D eigenvalue weighted by atomic mass is 16.2. The molecule has 0 fully saturated rings. The van der Waals surface area contributed by atoms with Crippen molar-refractivity contribution < 1.29 is 4.79 Å². The van der Waals surface area contributed by atoms with E-state index in [1.807, 2.05) is 12.1 Å². The minimum absolute atomic E-state index is 0.0325. The molecule has 3 aliphatic rings. The van der Waals surface area contributed by atoms with Crippen molar-refractivity contribution >= 4 is 17.2 Å². The predicted molar refractivity (Wildman–Crippen MR) is 86.0 cm³/mol. The molecular formula is C19H19NO. The van der Waals surface area contributed by atoms with Crippen LogP contribution in [0.15, 0.2) is 47.1 Å². The molecular weight excluding hydrogens is 258 g/mol. The molecule has 1 N–H and O–H groups in total. The molecule has 1 amide bonds. The van der Waals surface area contributed by atoms with Crippen LogP contribution in [0.25, 0.3) is 5.57 Å². The lowest BCUT2D eigenvalue weighted by Gasteiger charge is -2.12. The van der Waals surface area contributed by atoms with Gasteiger partial charge < -0.3 is 5.32 Å². The number of allylic oxidation sites excluding steroid dienone is 5. The zero-order chi connectivity index (χ0) is 14.4. The van der Waals surface area contributed by atoms with Crippen LogP contribution in [0.5, 0.6) is 0 Å². The quantitative estimate of drug-likeness (QED) is 0.751. The molecule has 0 unspecified atom stereocenters. The van der Waals surface area contributed by atoms with Gasteiger partial charge in [0.2, 0.25) is 0 Å². The molecule has 1 heterocycles. The lowest BCUT2D eigenvalue weighted by Crippen LogP contribution is -2.04. The summed E-state index contributed by atoms with van der Waals surface area (Å²) >= 11 is 0. The van der Waals surface area contributed by atoms with Gasteiger partial charge in [-0.05, 0) is 67.9 Å². The standard InChI is InChI=1S/C19H19NO/c1-12-5-4-8-17-18(12)16(19(21)20-17)11-13-9-14-6-2-3-7-15(14)10-13/h4-5,8-9,11H,2-3,6-7,10H2,1H3,(H,20,21). The first-order valence-electron chi connectivity index (χ1n) is 7.77. The summed E-state index contributed by atoms with van der Waals surface area (Å²) < 4.78 is 0. The number of aryl methyl sites for hydroxylation is 1. The monoisotopic (exact) mass is 277 g/mol. The molecule has 0 spiro atoms. The van der Waals surface area contributed by atoms with Gasteiger partial charge >= 0.3 is 0 Å². The molecule has 1 aromatic carbocycles. The molecule has 2 heteroatoms. The SMILES string of the molecule is Cc1cccc2c1C(=CC1=CC3=C(CCCC3)C1)C(=O)N2. The molecule has 0 bridgehead atoms. The highest BCUT2D eigenvalue weighted by Gasteiger charge is 2.26. The number of nitrogens with one attached hydrogen (secondary N) is 1. The van der Waals surface area contributed by atoms with Crippen molar-refractivity contribution in [1.29, 1.82) is 0 Å². The first-order valence-corrected chi connectivity index (χ1v) is 7.77. The normalized spacial score (nSPS) is 22.2. The molecule has 1 aromatic rings. The number of hydrogen-bond donors (Lipinski definition) is 1. The van der Waals surface area contributed by atoms with Gasteiger partial charge in [0.1, 0.15) is 0 Å². The number of amides is 1. The predicted octanol–water partition coefficient (Wildman–Crippen LogP) is 4.53. The van der Waals surface area contributed by atoms with Crippen molar-refractivity contribution in [1.82, 2.24) is 0 Å². The molecule has 0 atom stereocenters. The summed E-state index contributed by atoms with van der Waals surface area (Å²) in [5, 5.41) is 2.98. The van der Waals surface area contributed by atoms with E-state index in [2.05, 4.69) is 30.5 Å². The Labute approximate surface area is 125 Å². The fraction of sp³-hybridized carbons (Fsp3) is 0.316. The Bertz CT molecular complexity index is 734. The second kappa shape index (κ2) is 4.73. The van der Waals surface area contributed by atoms with E-state index in [1.165, 1.54) is 36.8 Å². The summed E-state index contributed by atoms with van der Waals surface area (Å²) in [5.41, 5.74) is 8.43. The summed E-state index contributed by atoms with van der Waals surface area (Å²) in [6.45, 7) is 2.07. The minimum Gasteiger partial charge on any atom is -0.321 e. The lowest BCUT2D eigenvalue weighted by molar-refractivity contribution is -0.110. The highest BCUT2D eigenvalue weighted by molar-refractivity contribution is 6.32. The van der Waals surface area contributed by atoms with Gasteiger partial charge in [0, 0.05) is 16.8 Å². The molecule has 106 valence electrons. The molecule has 1 aliphatic heterocycles. The average molecular weight is 277 g/mol. The Balaban J connectivity index is 1.71. The van der Waals surface area contributed by atoms with Gasteiger partial charge in [0.05, 0.1) is 0 Å². The summed E-state index contributed by atoms with van der Waals surface area (Å²) in [6, 6.07) is 6.04.